The van der Waals surface area contributed by atoms with Crippen molar-refractivity contribution in [2.24, 2.45) is 0 Å². The number of hydrogen-bond donors (Lipinski definition) is 3. The van der Waals surface area contributed by atoms with Crippen molar-refractivity contribution in [3.63, 3.8) is 0 Å². The van der Waals surface area contributed by atoms with Crippen LogP contribution in [0, 0.1) is 6.92 Å². The number of nitrogens with zero attached hydrogens (tertiary/aromatic N) is 1. The molecule has 32 heavy (non-hydrogen) atoms. The fourth-order valence-corrected chi connectivity index (χ4v) is 3.94. The zero-order valence-electron chi connectivity index (χ0n) is 19.6. The zero-order valence-corrected chi connectivity index (χ0v) is 19.6. The first-order valence-electron chi connectivity index (χ1n) is 11.4. The Morgan fingerprint density at radius 3 is 2.41 bits per heavy atom. The van der Waals surface area contributed by atoms with E-state index in [2.05, 4.69) is 10.6 Å². The van der Waals surface area contributed by atoms with Crippen LogP contribution >= 0.6 is 0 Å². The summed E-state index contributed by atoms with van der Waals surface area (Å²) in [5.74, 6) is -0.748. The Morgan fingerprint density at radius 1 is 1.16 bits per heavy atom. The van der Waals surface area contributed by atoms with Crippen molar-refractivity contribution in [1.29, 1.82) is 0 Å². The molecule has 2 rings (SSSR count). The Balaban J connectivity index is 2.24. The molecule has 1 unspecified atom stereocenters. The summed E-state index contributed by atoms with van der Waals surface area (Å²) in [6, 6.07) is 6.57. The van der Waals surface area contributed by atoms with Crippen LogP contribution in [0.25, 0.3) is 0 Å². The minimum atomic E-state index is -0.904. The molecule has 0 aromatic heterocycles. The van der Waals surface area contributed by atoms with Gasteiger partial charge in [-0.2, -0.15) is 0 Å². The molecule has 8 heteroatoms. The van der Waals surface area contributed by atoms with Crippen LogP contribution in [-0.2, 0) is 14.3 Å². The number of ether oxygens (including phenoxy) is 1. The van der Waals surface area contributed by atoms with E-state index in [1.54, 1.807) is 20.8 Å². The lowest BCUT2D eigenvalue weighted by Gasteiger charge is -2.34. The van der Waals surface area contributed by atoms with Crippen LogP contribution in [0.15, 0.2) is 24.3 Å². The summed E-state index contributed by atoms with van der Waals surface area (Å²) in [6.45, 7) is 6.40. The second-order valence-corrected chi connectivity index (χ2v) is 9.27. The molecule has 0 bridgehead atoms. The highest BCUT2D eigenvalue weighted by molar-refractivity contribution is 5.90. The van der Waals surface area contributed by atoms with Crippen LogP contribution < -0.4 is 10.6 Å². The quantitative estimate of drug-likeness (QED) is 0.568. The molecule has 0 saturated heterocycles. The van der Waals surface area contributed by atoms with Crippen molar-refractivity contribution >= 4 is 17.9 Å². The molecule has 0 aliphatic heterocycles. The van der Waals surface area contributed by atoms with Gasteiger partial charge in [0.1, 0.15) is 18.2 Å². The lowest BCUT2D eigenvalue weighted by atomic mass is 9.94. The Hall–Kier alpha value is -2.61. The molecule has 1 fully saturated rings. The largest absolute Gasteiger partial charge is 0.444 e. The van der Waals surface area contributed by atoms with Crippen molar-refractivity contribution in [2.45, 2.75) is 77.5 Å². The number of alkyl carbamates (subject to hydrolysis) is 1. The van der Waals surface area contributed by atoms with E-state index in [9.17, 15) is 19.5 Å². The molecule has 1 aliphatic carbocycles. The number of aliphatic hydroxyl groups is 1. The number of benzene rings is 1. The van der Waals surface area contributed by atoms with Gasteiger partial charge in [-0.25, -0.2) is 4.79 Å². The summed E-state index contributed by atoms with van der Waals surface area (Å²) in [7, 11) is 0. The molecule has 1 aliphatic rings. The molecule has 1 saturated carbocycles. The highest BCUT2D eigenvalue weighted by Crippen LogP contribution is 2.26. The van der Waals surface area contributed by atoms with Gasteiger partial charge in [-0.3, -0.25) is 9.59 Å². The third-order valence-corrected chi connectivity index (χ3v) is 5.44. The van der Waals surface area contributed by atoms with Gasteiger partial charge in [0.05, 0.1) is 6.61 Å². The number of carbonyl (C=O) groups excluding carboxylic acids is 3. The lowest BCUT2D eigenvalue weighted by Crippen LogP contribution is -2.50. The predicted molar refractivity (Wildman–Crippen MR) is 122 cm³/mol. The molecule has 3 amide bonds. The molecule has 3 N–H and O–H groups in total. The van der Waals surface area contributed by atoms with Crippen molar-refractivity contribution in [1.82, 2.24) is 15.5 Å². The van der Waals surface area contributed by atoms with Crippen LogP contribution in [0.2, 0.25) is 0 Å². The summed E-state index contributed by atoms with van der Waals surface area (Å²) in [6.07, 6.45) is 4.42. The second kappa shape index (κ2) is 11.9. The third-order valence-electron chi connectivity index (χ3n) is 5.44. The maximum atomic E-state index is 13.4. The van der Waals surface area contributed by atoms with Crippen LogP contribution in [0.5, 0.6) is 0 Å². The minimum Gasteiger partial charge on any atom is -0.444 e. The number of rotatable bonds is 8. The van der Waals surface area contributed by atoms with Crippen LogP contribution in [0.3, 0.4) is 0 Å². The van der Waals surface area contributed by atoms with Gasteiger partial charge < -0.3 is 25.4 Å². The van der Waals surface area contributed by atoms with Crippen LogP contribution in [0.1, 0.15) is 70.0 Å². The van der Waals surface area contributed by atoms with Gasteiger partial charge in [-0.1, -0.05) is 43.5 Å². The van der Waals surface area contributed by atoms with E-state index >= 15 is 0 Å². The fraction of sp³-hybridized carbons (Fsp3) is 0.625. The first kappa shape index (κ1) is 25.6. The third kappa shape index (κ3) is 7.82. The molecule has 178 valence electrons. The summed E-state index contributed by atoms with van der Waals surface area (Å²) >= 11 is 0. The summed E-state index contributed by atoms with van der Waals surface area (Å²) in [5, 5.41) is 15.2. The highest BCUT2D eigenvalue weighted by atomic mass is 16.6. The number of carbonyl (C=O) groups is 3. The molecule has 0 heterocycles. The van der Waals surface area contributed by atoms with Crippen molar-refractivity contribution < 1.29 is 24.2 Å². The first-order chi connectivity index (χ1) is 15.1. The SMILES string of the molecule is Cc1ccccc1C(C(=O)NC1CCCCC1)N(CCO)C(=O)CNC(=O)OC(C)(C)C. The molecule has 1 aromatic rings. The smallest absolute Gasteiger partial charge is 0.408 e. The van der Waals surface area contributed by atoms with Gasteiger partial charge in [0, 0.05) is 12.6 Å². The first-order valence-corrected chi connectivity index (χ1v) is 11.4. The number of amides is 3. The Kier molecular flexibility index (Phi) is 9.50. The average Bonchev–Trinajstić information content (AvgIpc) is 2.72. The number of aliphatic hydroxyl groups excluding tert-OH is 1. The molecule has 1 aromatic carbocycles. The number of aryl methyl sites for hydroxylation is 1. The standard InChI is InChI=1S/C24H37N3O5/c1-17-10-8-9-13-19(17)21(22(30)26-18-11-6-5-7-12-18)27(14-15-28)20(29)16-25-23(31)32-24(2,3)4/h8-10,13,18,21,28H,5-7,11-12,14-16H2,1-4H3,(H,25,31)(H,26,30). The summed E-state index contributed by atoms with van der Waals surface area (Å²) in [5.41, 5.74) is 0.869. The van der Waals surface area contributed by atoms with Gasteiger partial charge in [0.15, 0.2) is 0 Å². The Labute approximate surface area is 190 Å². The second-order valence-electron chi connectivity index (χ2n) is 9.27. The van der Waals surface area contributed by atoms with E-state index in [0.717, 1.165) is 31.2 Å². The van der Waals surface area contributed by atoms with E-state index in [0.29, 0.717) is 5.56 Å². The maximum absolute atomic E-state index is 13.4. The van der Waals surface area contributed by atoms with Gasteiger partial charge in [-0.05, 0) is 51.7 Å². The summed E-state index contributed by atoms with van der Waals surface area (Å²) in [4.78, 5) is 39.8. The molecular weight excluding hydrogens is 410 g/mol. The summed E-state index contributed by atoms with van der Waals surface area (Å²) < 4.78 is 5.19. The Morgan fingerprint density at radius 2 is 1.81 bits per heavy atom. The fourth-order valence-electron chi connectivity index (χ4n) is 3.94. The van der Waals surface area contributed by atoms with Crippen LogP contribution in [-0.4, -0.2) is 59.3 Å². The normalized spacial score (nSPS) is 15.5. The van der Waals surface area contributed by atoms with Gasteiger partial charge >= 0.3 is 6.09 Å². The van der Waals surface area contributed by atoms with Crippen LogP contribution in [0.4, 0.5) is 4.79 Å². The van der Waals surface area contributed by atoms with E-state index in [4.69, 9.17) is 4.74 Å². The monoisotopic (exact) mass is 447 g/mol. The van der Waals surface area contributed by atoms with E-state index in [-0.39, 0.29) is 31.6 Å². The number of hydrogen-bond acceptors (Lipinski definition) is 5. The van der Waals surface area contributed by atoms with E-state index in [1.165, 1.54) is 11.3 Å². The average molecular weight is 448 g/mol. The van der Waals surface area contributed by atoms with Gasteiger partial charge in [-0.15, -0.1) is 0 Å². The molecule has 8 nitrogen and oxygen atoms in total. The molecule has 0 radical (unpaired) electrons. The van der Waals surface area contributed by atoms with Crippen molar-refractivity contribution in [3.05, 3.63) is 35.4 Å². The van der Waals surface area contributed by atoms with Crippen molar-refractivity contribution in [2.75, 3.05) is 19.7 Å². The predicted octanol–water partition coefficient (Wildman–Crippen LogP) is 2.83. The topological polar surface area (TPSA) is 108 Å². The van der Waals surface area contributed by atoms with Gasteiger partial charge in [0.25, 0.3) is 0 Å². The van der Waals surface area contributed by atoms with Crippen molar-refractivity contribution in [3.8, 4) is 0 Å². The molecule has 1 atom stereocenters. The maximum Gasteiger partial charge on any atom is 0.408 e. The minimum absolute atomic E-state index is 0.0358. The zero-order chi connectivity index (χ0) is 23.7. The van der Waals surface area contributed by atoms with E-state index in [1.807, 2.05) is 31.2 Å². The molecular formula is C24H37N3O5. The molecule has 0 spiro atoms. The lowest BCUT2D eigenvalue weighted by molar-refractivity contribution is -0.141. The Bertz CT molecular complexity index is 784. The highest BCUT2D eigenvalue weighted by Gasteiger charge is 2.33. The number of nitrogens with one attached hydrogen (secondary N) is 2. The van der Waals surface area contributed by atoms with Gasteiger partial charge in [0.2, 0.25) is 11.8 Å². The van der Waals surface area contributed by atoms with E-state index < -0.39 is 23.6 Å².